The molecule has 0 bridgehead atoms. The second kappa shape index (κ2) is 7.95. The molecule has 158 valence electrons. The molecule has 2 N–H and O–H groups in total. The van der Waals surface area contributed by atoms with Crippen LogP contribution < -0.4 is 5.32 Å². The van der Waals surface area contributed by atoms with Crippen LogP contribution in [0.1, 0.15) is 51.5 Å². The Kier molecular flexibility index (Phi) is 5.72. The Morgan fingerprint density at radius 2 is 1.87 bits per heavy atom. The zero-order valence-electron chi connectivity index (χ0n) is 17.1. The van der Waals surface area contributed by atoms with Gasteiger partial charge < -0.3 is 15.0 Å². The number of urea groups is 1. The number of ketones is 1. The zero-order valence-corrected chi connectivity index (χ0v) is 17.8. The van der Waals surface area contributed by atoms with E-state index in [9.17, 15) is 19.2 Å². The molecule has 0 aliphatic carbocycles. The monoisotopic (exact) mass is 431 g/mol. The van der Waals surface area contributed by atoms with Crippen molar-refractivity contribution in [3.8, 4) is 0 Å². The highest BCUT2D eigenvalue weighted by Gasteiger charge is 2.50. The number of rotatable bonds is 6. The van der Waals surface area contributed by atoms with Crippen molar-refractivity contribution in [2.45, 2.75) is 33.2 Å². The smallest absolute Gasteiger partial charge is 0.340 e. The van der Waals surface area contributed by atoms with E-state index < -0.39 is 35.8 Å². The van der Waals surface area contributed by atoms with E-state index in [1.807, 2.05) is 0 Å². The zero-order chi connectivity index (χ0) is 22.2. The third kappa shape index (κ3) is 3.47. The standard InChI is InChI=1S/C21H22ClN3O5/c1-5-30-18(27)16-11(2)17(23-12(16)3)15(26)10-25-19(28)21(4,24-20(25)29)13-8-6-7-9-14(13)22/h6-9,23H,5,10H2,1-4H3,(H,24,29). The summed E-state index contributed by atoms with van der Waals surface area (Å²) in [6.07, 6.45) is 0. The Bertz CT molecular complexity index is 1060. The highest BCUT2D eigenvalue weighted by molar-refractivity contribution is 6.32. The van der Waals surface area contributed by atoms with Crippen LogP contribution in [0.5, 0.6) is 0 Å². The van der Waals surface area contributed by atoms with Crippen LogP contribution in [0.4, 0.5) is 4.79 Å². The molecule has 1 aromatic carbocycles. The van der Waals surface area contributed by atoms with Crippen molar-refractivity contribution >= 4 is 35.3 Å². The minimum absolute atomic E-state index is 0.155. The second-order valence-electron chi connectivity index (χ2n) is 7.19. The number of halogens is 1. The summed E-state index contributed by atoms with van der Waals surface area (Å²) in [5.41, 5.74) is 0.383. The van der Waals surface area contributed by atoms with Crippen molar-refractivity contribution in [3.05, 3.63) is 57.4 Å². The number of imide groups is 1. The van der Waals surface area contributed by atoms with Crippen molar-refractivity contribution in [3.63, 3.8) is 0 Å². The van der Waals surface area contributed by atoms with Gasteiger partial charge in [0.2, 0.25) is 0 Å². The van der Waals surface area contributed by atoms with Crippen molar-refractivity contribution in [2.24, 2.45) is 0 Å². The fraction of sp³-hybridized carbons (Fsp3) is 0.333. The average molecular weight is 432 g/mol. The number of H-pyrrole nitrogens is 1. The second-order valence-corrected chi connectivity index (χ2v) is 7.60. The summed E-state index contributed by atoms with van der Waals surface area (Å²) in [4.78, 5) is 54.3. The maximum atomic E-state index is 13.1. The lowest BCUT2D eigenvalue weighted by Gasteiger charge is -2.23. The molecule has 3 rings (SSSR count). The maximum Gasteiger partial charge on any atom is 0.340 e. The number of ether oxygens (including phenoxy) is 1. The Balaban J connectivity index is 1.87. The molecule has 0 radical (unpaired) electrons. The van der Waals surface area contributed by atoms with Crippen LogP contribution in [-0.2, 0) is 15.1 Å². The van der Waals surface area contributed by atoms with E-state index in [2.05, 4.69) is 10.3 Å². The third-order valence-corrected chi connectivity index (χ3v) is 5.51. The van der Waals surface area contributed by atoms with Gasteiger partial charge in [0, 0.05) is 16.3 Å². The summed E-state index contributed by atoms with van der Waals surface area (Å²) in [7, 11) is 0. The van der Waals surface area contributed by atoms with Gasteiger partial charge in [-0.25, -0.2) is 9.59 Å². The van der Waals surface area contributed by atoms with Crippen molar-refractivity contribution < 1.29 is 23.9 Å². The molecule has 0 saturated carbocycles. The maximum absolute atomic E-state index is 13.1. The van der Waals surface area contributed by atoms with Crippen LogP contribution in [0.15, 0.2) is 24.3 Å². The minimum atomic E-state index is -1.38. The summed E-state index contributed by atoms with van der Waals surface area (Å²) in [6, 6.07) is 6.01. The molecule has 2 heterocycles. The first-order chi connectivity index (χ1) is 14.1. The summed E-state index contributed by atoms with van der Waals surface area (Å²) in [5.74, 6) is -1.62. The molecule has 8 nitrogen and oxygen atoms in total. The first-order valence-electron chi connectivity index (χ1n) is 9.40. The van der Waals surface area contributed by atoms with Gasteiger partial charge in [-0.1, -0.05) is 29.8 Å². The Hall–Kier alpha value is -3.13. The number of nitrogens with one attached hydrogen (secondary N) is 2. The molecule has 1 aromatic heterocycles. The van der Waals surface area contributed by atoms with Gasteiger partial charge in [-0.05, 0) is 39.3 Å². The van der Waals surface area contributed by atoms with Gasteiger partial charge in [0.1, 0.15) is 5.54 Å². The topological polar surface area (TPSA) is 109 Å². The van der Waals surface area contributed by atoms with Gasteiger partial charge in [0.15, 0.2) is 5.78 Å². The van der Waals surface area contributed by atoms with E-state index >= 15 is 0 Å². The Morgan fingerprint density at radius 3 is 2.50 bits per heavy atom. The molecule has 1 atom stereocenters. The summed E-state index contributed by atoms with van der Waals surface area (Å²) in [6.45, 7) is 6.22. The van der Waals surface area contributed by atoms with Gasteiger partial charge in [-0.2, -0.15) is 0 Å². The number of hydrogen-bond acceptors (Lipinski definition) is 5. The van der Waals surface area contributed by atoms with Crippen molar-refractivity contribution in [1.29, 1.82) is 0 Å². The van der Waals surface area contributed by atoms with E-state index in [1.54, 1.807) is 52.0 Å². The number of benzene rings is 1. The molecule has 1 unspecified atom stereocenters. The van der Waals surface area contributed by atoms with Crippen LogP contribution >= 0.6 is 11.6 Å². The Morgan fingerprint density at radius 1 is 1.20 bits per heavy atom. The first kappa shape index (κ1) is 21.6. The molecule has 1 saturated heterocycles. The van der Waals surface area contributed by atoms with Gasteiger partial charge in [-0.15, -0.1) is 0 Å². The number of Topliss-reactive ketones (excluding diaryl/α,β-unsaturated/α-hetero) is 1. The fourth-order valence-electron chi connectivity index (χ4n) is 3.65. The number of carbonyl (C=O) groups is 4. The normalized spacial score (nSPS) is 18.5. The first-order valence-corrected chi connectivity index (χ1v) is 9.78. The van der Waals surface area contributed by atoms with Gasteiger partial charge in [-0.3, -0.25) is 14.5 Å². The number of esters is 1. The van der Waals surface area contributed by atoms with E-state index in [0.29, 0.717) is 21.8 Å². The van der Waals surface area contributed by atoms with Crippen LogP contribution in [0.25, 0.3) is 0 Å². The molecule has 3 amide bonds. The number of hydrogen-bond donors (Lipinski definition) is 2. The number of aryl methyl sites for hydroxylation is 1. The number of carbonyl (C=O) groups excluding carboxylic acids is 4. The third-order valence-electron chi connectivity index (χ3n) is 5.19. The highest BCUT2D eigenvalue weighted by atomic mass is 35.5. The summed E-state index contributed by atoms with van der Waals surface area (Å²) in [5, 5.41) is 2.96. The Labute approximate surface area is 178 Å². The molecular formula is C21H22ClN3O5. The van der Waals surface area contributed by atoms with Crippen LogP contribution in [0, 0.1) is 13.8 Å². The molecule has 2 aromatic rings. The van der Waals surface area contributed by atoms with Crippen molar-refractivity contribution in [1.82, 2.24) is 15.2 Å². The predicted molar refractivity (Wildman–Crippen MR) is 110 cm³/mol. The van der Waals surface area contributed by atoms with Crippen molar-refractivity contribution in [2.75, 3.05) is 13.2 Å². The molecule has 1 aliphatic heterocycles. The molecular weight excluding hydrogens is 410 g/mol. The number of amides is 3. The molecule has 0 spiro atoms. The highest BCUT2D eigenvalue weighted by Crippen LogP contribution is 2.33. The predicted octanol–water partition coefficient (Wildman–Crippen LogP) is 3.11. The average Bonchev–Trinajstić information content (AvgIpc) is 3.10. The largest absolute Gasteiger partial charge is 0.462 e. The van der Waals surface area contributed by atoms with E-state index in [1.165, 1.54) is 0 Å². The van der Waals surface area contributed by atoms with E-state index in [0.717, 1.165) is 4.90 Å². The quantitative estimate of drug-likeness (QED) is 0.415. The van der Waals surface area contributed by atoms with E-state index in [4.69, 9.17) is 16.3 Å². The number of nitrogens with zero attached hydrogens (tertiary/aromatic N) is 1. The molecule has 1 aliphatic rings. The lowest BCUT2D eigenvalue weighted by molar-refractivity contribution is -0.130. The SMILES string of the molecule is CCOC(=O)c1c(C)[nH]c(C(=O)CN2C(=O)NC(C)(c3ccccc3Cl)C2=O)c1C. The van der Waals surface area contributed by atoms with Gasteiger partial charge in [0.05, 0.1) is 24.4 Å². The summed E-state index contributed by atoms with van der Waals surface area (Å²) < 4.78 is 5.03. The number of aromatic nitrogens is 1. The lowest BCUT2D eigenvalue weighted by Crippen LogP contribution is -2.41. The minimum Gasteiger partial charge on any atom is -0.462 e. The van der Waals surface area contributed by atoms with Crippen LogP contribution in [-0.4, -0.2) is 46.7 Å². The number of aromatic amines is 1. The fourth-order valence-corrected chi connectivity index (χ4v) is 3.98. The molecule has 1 fully saturated rings. The van der Waals surface area contributed by atoms with E-state index in [-0.39, 0.29) is 17.9 Å². The lowest BCUT2D eigenvalue weighted by atomic mass is 9.92. The van der Waals surface area contributed by atoms with Crippen LogP contribution in [0.2, 0.25) is 5.02 Å². The van der Waals surface area contributed by atoms with Gasteiger partial charge in [0.25, 0.3) is 5.91 Å². The molecule has 9 heteroatoms. The van der Waals surface area contributed by atoms with Gasteiger partial charge >= 0.3 is 12.0 Å². The summed E-state index contributed by atoms with van der Waals surface area (Å²) >= 11 is 6.21. The molecule has 30 heavy (non-hydrogen) atoms. The van der Waals surface area contributed by atoms with Crippen LogP contribution in [0.3, 0.4) is 0 Å².